The molecule has 1 unspecified atom stereocenters. The smallest absolute Gasteiger partial charge is 0.234 e. The van der Waals surface area contributed by atoms with Gasteiger partial charge in [-0.3, -0.25) is 9.69 Å². The van der Waals surface area contributed by atoms with Crippen molar-refractivity contribution in [3.05, 3.63) is 0 Å². The van der Waals surface area contributed by atoms with Crippen molar-refractivity contribution in [1.29, 1.82) is 0 Å². The van der Waals surface area contributed by atoms with Gasteiger partial charge in [-0.05, 0) is 32.2 Å². The summed E-state index contributed by atoms with van der Waals surface area (Å²) in [5.41, 5.74) is 0. The third kappa shape index (κ3) is 4.55. The zero-order valence-electron chi connectivity index (χ0n) is 11.3. The molecule has 5 nitrogen and oxygen atoms in total. The molecule has 1 saturated carbocycles. The largest absolute Gasteiger partial charge is 0.383 e. The Bertz CT molecular complexity index is 263. The summed E-state index contributed by atoms with van der Waals surface area (Å²) in [5, 5.41) is 6.40. The van der Waals surface area contributed by atoms with Crippen LogP contribution in [0.25, 0.3) is 0 Å². The molecule has 0 spiro atoms. The molecule has 2 N–H and O–H groups in total. The van der Waals surface area contributed by atoms with Crippen LogP contribution < -0.4 is 10.6 Å². The Morgan fingerprint density at radius 2 is 2.28 bits per heavy atom. The summed E-state index contributed by atoms with van der Waals surface area (Å²) in [6.45, 7) is 3.87. The van der Waals surface area contributed by atoms with Gasteiger partial charge in [-0.25, -0.2) is 0 Å². The molecule has 104 valence electrons. The quantitative estimate of drug-likeness (QED) is 0.598. The van der Waals surface area contributed by atoms with Crippen molar-refractivity contribution >= 4 is 5.91 Å². The van der Waals surface area contributed by atoms with E-state index in [2.05, 4.69) is 15.5 Å². The van der Waals surface area contributed by atoms with Crippen molar-refractivity contribution in [3.63, 3.8) is 0 Å². The van der Waals surface area contributed by atoms with E-state index in [0.717, 1.165) is 13.1 Å². The molecule has 2 rings (SSSR count). The van der Waals surface area contributed by atoms with Crippen LogP contribution in [0.3, 0.4) is 0 Å². The van der Waals surface area contributed by atoms with E-state index in [-0.39, 0.29) is 5.91 Å². The predicted molar refractivity (Wildman–Crippen MR) is 70.5 cm³/mol. The molecule has 0 aromatic carbocycles. The lowest BCUT2D eigenvalue weighted by molar-refractivity contribution is -0.122. The number of carbonyl (C=O) groups excluding carboxylic acids is 1. The molecule has 0 radical (unpaired) electrons. The molecule has 1 aliphatic heterocycles. The van der Waals surface area contributed by atoms with E-state index in [4.69, 9.17) is 4.74 Å². The van der Waals surface area contributed by atoms with Crippen LogP contribution >= 0.6 is 0 Å². The fraction of sp³-hybridized carbons (Fsp3) is 0.923. The highest BCUT2D eigenvalue weighted by Gasteiger charge is 2.32. The molecule has 18 heavy (non-hydrogen) atoms. The first kappa shape index (κ1) is 13.8. The fourth-order valence-electron chi connectivity index (χ4n) is 2.51. The van der Waals surface area contributed by atoms with Crippen LogP contribution in [0.2, 0.25) is 0 Å². The summed E-state index contributed by atoms with van der Waals surface area (Å²) in [5.74, 6) is 0.122. The standard InChI is InChI=1S/C13H25N3O2/c1-18-8-7-15-13(17)10-16(12-4-5-12)9-11-3-2-6-14-11/h11-12,14H,2-10H2,1H3,(H,15,17). The van der Waals surface area contributed by atoms with Gasteiger partial charge in [0.05, 0.1) is 13.2 Å². The molecular formula is C13H25N3O2. The number of rotatable bonds is 8. The second kappa shape index (κ2) is 7.07. The first-order chi connectivity index (χ1) is 8.79. The summed E-state index contributed by atoms with van der Waals surface area (Å²) in [6.07, 6.45) is 5.01. The average Bonchev–Trinajstić information content (AvgIpc) is 3.08. The maximum absolute atomic E-state index is 11.8. The van der Waals surface area contributed by atoms with Crippen molar-refractivity contribution in [2.24, 2.45) is 0 Å². The third-order valence-electron chi connectivity index (χ3n) is 3.66. The van der Waals surface area contributed by atoms with Gasteiger partial charge < -0.3 is 15.4 Å². The second-order valence-corrected chi connectivity index (χ2v) is 5.30. The van der Waals surface area contributed by atoms with Crippen molar-refractivity contribution in [2.45, 2.75) is 37.8 Å². The molecule has 1 amide bonds. The van der Waals surface area contributed by atoms with Crippen LogP contribution in [-0.4, -0.2) is 62.8 Å². The maximum atomic E-state index is 11.8. The summed E-state index contributed by atoms with van der Waals surface area (Å²) >= 11 is 0. The third-order valence-corrected chi connectivity index (χ3v) is 3.66. The van der Waals surface area contributed by atoms with Gasteiger partial charge in [0.1, 0.15) is 0 Å². The summed E-state index contributed by atoms with van der Waals surface area (Å²) in [4.78, 5) is 14.1. The molecule has 2 aliphatic rings. The van der Waals surface area contributed by atoms with Crippen molar-refractivity contribution in [2.75, 3.05) is 39.9 Å². The topological polar surface area (TPSA) is 53.6 Å². The number of methoxy groups -OCH3 is 1. The Kier molecular flexibility index (Phi) is 5.41. The fourth-order valence-corrected chi connectivity index (χ4v) is 2.51. The highest BCUT2D eigenvalue weighted by atomic mass is 16.5. The van der Waals surface area contributed by atoms with Crippen LogP contribution in [0.4, 0.5) is 0 Å². The molecule has 0 aromatic heterocycles. The van der Waals surface area contributed by atoms with E-state index in [1.165, 1.54) is 25.7 Å². The normalized spacial score (nSPS) is 23.6. The van der Waals surface area contributed by atoms with Crippen LogP contribution in [-0.2, 0) is 9.53 Å². The van der Waals surface area contributed by atoms with Crippen LogP contribution in [0, 0.1) is 0 Å². The summed E-state index contributed by atoms with van der Waals surface area (Å²) < 4.78 is 4.93. The number of nitrogens with zero attached hydrogens (tertiary/aromatic N) is 1. The zero-order valence-corrected chi connectivity index (χ0v) is 11.3. The number of hydrogen-bond donors (Lipinski definition) is 2. The van der Waals surface area contributed by atoms with Gasteiger partial charge >= 0.3 is 0 Å². The number of amides is 1. The first-order valence-corrected chi connectivity index (χ1v) is 7.02. The van der Waals surface area contributed by atoms with Gasteiger partial charge in [0.25, 0.3) is 0 Å². The van der Waals surface area contributed by atoms with Gasteiger partial charge in [-0.15, -0.1) is 0 Å². The van der Waals surface area contributed by atoms with Crippen LogP contribution in [0.15, 0.2) is 0 Å². The molecule has 1 heterocycles. The lowest BCUT2D eigenvalue weighted by atomic mass is 10.2. The molecule has 0 bridgehead atoms. The Morgan fingerprint density at radius 1 is 1.44 bits per heavy atom. The Labute approximate surface area is 109 Å². The van der Waals surface area contributed by atoms with Crippen molar-refractivity contribution < 1.29 is 9.53 Å². The molecule has 1 aliphatic carbocycles. The van der Waals surface area contributed by atoms with Gasteiger partial charge in [0.2, 0.25) is 5.91 Å². The minimum absolute atomic E-state index is 0.122. The second-order valence-electron chi connectivity index (χ2n) is 5.30. The lowest BCUT2D eigenvalue weighted by Gasteiger charge is -2.24. The van der Waals surface area contributed by atoms with E-state index >= 15 is 0 Å². The minimum atomic E-state index is 0.122. The highest BCUT2D eigenvalue weighted by molar-refractivity contribution is 5.78. The van der Waals surface area contributed by atoms with Gasteiger partial charge in [-0.1, -0.05) is 0 Å². The molecule has 1 saturated heterocycles. The SMILES string of the molecule is COCCNC(=O)CN(CC1CCCN1)C1CC1. The monoisotopic (exact) mass is 255 g/mol. The Balaban J connectivity index is 1.69. The first-order valence-electron chi connectivity index (χ1n) is 7.02. The minimum Gasteiger partial charge on any atom is -0.383 e. The lowest BCUT2D eigenvalue weighted by Crippen LogP contribution is -2.44. The summed E-state index contributed by atoms with van der Waals surface area (Å²) in [7, 11) is 1.65. The van der Waals surface area contributed by atoms with Crippen LogP contribution in [0.5, 0.6) is 0 Å². The molecule has 2 fully saturated rings. The molecule has 1 atom stereocenters. The van der Waals surface area contributed by atoms with Gasteiger partial charge in [-0.2, -0.15) is 0 Å². The number of nitrogens with one attached hydrogen (secondary N) is 2. The molecular weight excluding hydrogens is 230 g/mol. The van der Waals surface area contributed by atoms with Crippen molar-refractivity contribution in [3.8, 4) is 0 Å². The van der Waals surface area contributed by atoms with E-state index in [1.54, 1.807) is 7.11 Å². The number of carbonyl (C=O) groups is 1. The van der Waals surface area contributed by atoms with E-state index in [9.17, 15) is 4.79 Å². The average molecular weight is 255 g/mol. The predicted octanol–water partition coefficient (Wildman–Crippen LogP) is -0.0346. The van der Waals surface area contributed by atoms with Gasteiger partial charge in [0, 0.05) is 32.3 Å². The highest BCUT2D eigenvalue weighted by Crippen LogP contribution is 2.27. The zero-order chi connectivity index (χ0) is 12.8. The van der Waals surface area contributed by atoms with Crippen molar-refractivity contribution in [1.82, 2.24) is 15.5 Å². The number of hydrogen-bond acceptors (Lipinski definition) is 4. The number of ether oxygens (including phenoxy) is 1. The molecule has 5 heteroatoms. The Hall–Kier alpha value is -0.650. The Morgan fingerprint density at radius 3 is 2.89 bits per heavy atom. The van der Waals surface area contributed by atoms with Gasteiger partial charge in [0.15, 0.2) is 0 Å². The van der Waals surface area contributed by atoms with E-state index < -0.39 is 0 Å². The summed E-state index contributed by atoms with van der Waals surface area (Å²) in [6, 6.07) is 1.22. The molecule has 0 aromatic rings. The van der Waals surface area contributed by atoms with Crippen LogP contribution in [0.1, 0.15) is 25.7 Å². The van der Waals surface area contributed by atoms with E-state index in [0.29, 0.717) is 31.8 Å². The maximum Gasteiger partial charge on any atom is 0.234 e. The van der Waals surface area contributed by atoms with E-state index in [1.807, 2.05) is 0 Å².